The maximum absolute atomic E-state index is 14.5. The van der Waals surface area contributed by atoms with E-state index in [0.717, 1.165) is 29.1 Å². The lowest BCUT2D eigenvalue weighted by Crippen LogP contribution is -2.46. The van der Waals surface area contributed by atoms with Gasteiger partial charge >= 0.3 is 0 Å². The molecule has 0 unspecified atom stereocenters. The number of anilines is 1. The van der Waals surface area contributed by atoms with E-state index >= 15 is 0 Å². The van der Waals surface area contributed by atoms with Crippen LogP contribution in [0.15, 0.2) is 53.4 Å². The average molecular weight is 417 g/mol. The third kappa shape index (κ3) is 4.01. The lowest BCUT2D eigenvalue weighted by atomic mass is 9.95. The maximum Gasteiger partial charge on any atom is 0.264 e. The molecule has 2 fully saturated rings. The highest BCUT2D eigenvalue weighted by Crippen LogP contribution is 2.44. The quantitative estimate of drug-likeness (QED) is 0.782. The Morgan fingerprint density at radius 2 is 1.83 bits per heavy atom. The van der Waals surface area contributed by atoms with E-state index in [2.05, 4.69) is 5.32 Å². The van der Waals surface area contributed by atoms with Crippen LogP contribution in [0.25, 0.3) is 0 Å². The number of carbonyl (C=O) groups excluding carboxylic acids is 1. The van der Waals surface area contributed by atoms with Gasteiger partial charge in [0.05, 0.1) is 10.6 Å². The number of aryl methyl sites for hydroxylation is 1. The molecule has 2 aliphatic carbocycles. The van der Waals surface area contributed by atoms with Gasteiger partial charge in [0.2, 0.25) is 5.91 Å². The Bertz CT molecular complexity index is 1010. The third-order valence-corrected chi connectivity index (χ3v) is 7.88. The van der Waals surface area contributed by atoms with Gasteiger partial charge in [-0.25, -0.2) is 12.8 Å². The van der Waals surface area contributed by atoms with Gasteiger partial charge in [-0.1, -0.05) is 36.2 Å². The van der Waals surface area contributed by atoms with Gasteiger partial charge in [-0.3, -0.25) is 9.10 Å². The number of rotatable bonds is 6. The van der Waals surface area contributed by atoms with Crippen LogP contribution < -0.4 is 9.62 Å². The van der Waals surface area contributed by atoms with E-state index in [4.69, 9.17) is 0 Å². The van der Waals surface area contributed by atoms with Crippen molar-refractivity contribution in [3.63, 3.8) is 0 Å². The van der Waals surface area contributed by atoms with Crippen LogP contribution in [0.4, 0.5) is 10.1 Å². The highest BCUT2D eigenvalue weighted by Gasteiger charge is 2.40. The first kappa shape index (κ1) is 19.9. The molecular formula is C22H25FN2O3S. The molecule has 7 heteroatoms. The topological polar surface area (TPSA) is 66.5 Å². The first-order valence-corrected chi connectivity index (χ1v) is 11.4. The standard InChI is InChI=1S/C22H25FN2O3S/c1-15-6-10-18(11-7-15)29(27,28)25(21-5-3-2-4-19(21)23)14-22(26)24-20-13-16-8-9-17(20)12-16/h2-7,10-11,16-17,20H,8-9,12-14H2,1H3,(H,24,26)/t16-,17-,20-/m0/s1. The second kappa shape index (κ2) is 7.78. The summed E-state index contributed by atoms with van der Waals surface area (Å²) in [6, 6.07) is 12.0. The second-order valence-corrected chi connectivity index (χ2v) is 9.99. The van der Waals surface area contributed by atoms with Gasteiger partial charge in [-0.05, 0) is 62.3 Å². The zero-order chi connectivity index (χ0) is 20.6. The summed E-state index contributed by atoms with van der Waals surface area (Å²) in [5, 5.41) is 3.00. The fourth-order valence-electron chi connectivity index (χ4n) is 4.60. The number of benzene rings is 2. The van der Waals surface area contributed by atoms with Crippen molar-refractivity contribution in [3.05, 3.63) is 59.9 Å². The van der Waals surface area contributed by atoms with Gasteiger partial charge in [0.25, 0.3) is 10.0 Å². The molecule has 0 radical (unpaired) electrons. The molecule has 3 atom stereocenters. The van der Waals surface area contributed by atoms with Gasteiger partial charge in [0, 0.05) is 6.04 Å². The van der Waals surface area contributed by atoms with E-state index in [1.54, 1.807) is 18.2 Å². The summed E-state index contributed by atoms with van der Waals surface area (Å²) in [5.74, 6) is 0.0428. The van der Waals surface area contributed by atoms with Crippen molar-refractivity contribution >= 4 is 21.6 Å². The Balaban J connectivity index is 1.61. The maximum atomic E-state index is 14.5. The molecular weight excluding hydrogens is 391 g/mol. The van der Waals surface area contributed by atoms with E-state index in [0.29, 0.717) is 11.8 Å². The number of halogens is 1. The van der Waals surface area contributed by atoms with Gasteiger partial charge in [0.1, 0.15) is 12.4 Å². The van der Waals surface area contributed by atoms with Crippen molar-refractivity contribution in [2.24, 2.45) is 11.8 Å². The molecule has 154 valence electrons. The van der Waals surface area contributed by atoms with Crippen molar-refractivity contribution in [2.75, 3.05) is 10.8 Å². The molecule has 2 saturated carbocycles. The number of amides is 1. The first-order chi connectivity index (χ1) is 13.8. The minimum absolute atomic E-state index is 0.0269. The Kier molecular flexibility index (Phi) is 5.34. The SMILES string of the molecule is Cc1ccc(S(=O)(=O)N(CC(=O)N[C@H]2C[C@H]3CC[C@H]2C3)c2ccccc2F)cc1. The largest absolute Gasteiger partial charge is 0.352 e. The summed E-state index contributed by atoms with van der Waals surface area (Å²) in [7, 11) is -4.10. The Morgan fingerprint density at radius 1 is 1.10 bits per heavy atom. The minimum Gasteiger partial charge on any atom is -0.352 e. The van der Waals surface area contributed by atoms with E-state index in [1.807, 2.05) is 6.92 Å². The molecule has 2 aromatic rings. The van der Waals surface area contributed by atoms with Crippen LogP contribution in [-0.2, 0) is 14.8 Å². The molecule has 2 bridgehead atoms. The van der Waals surface area contributed by atoms with Crippen LogP contribution in [0.5, 0.6) is 0 Å². The first-order valence-electron chi connectivity index (χ1n) is 9.98. The van der Waals surface area contributed by atoms with Crippen molar-refractivity contribution in [1.29, 1.82) is 0 Å². The van der Waals surface area contributed by atoms with Crippen molar-refractivity contribution in [1.82, 2.24) is 5.32 Å². The predicted molar refractivity (Wildman–Crippen MR) is 109 cm³/mol. The number of hydrogen-bond acceptors (Lipinski definition) is 3. The summed E-state index contributed by atoms with van der Waals surface area (Å²) in [4.78, 5) is 12.8. The number of nitrogens with zero attached hydrogens (tertiary/aromatic N) is 1. The number of nitrogens with one attached hydrogen (secondary N) is 1. The number of hydrogen-bond donors (Lipinski definition) is 1. The zero-order valence-corrected chi connectivity index (χ0v) is 17.2. The molecule has 0 aliphatic heterocycles. The van der Waals surface area contributed by atoms with Crippen LogP contribution in [0.2, 0.25) is 0 Å². The molecule has 0 heterocycles. The van der Waals surface area contributed by atoms with E-state index in [-0.39, 0.29) is 16.6 Å². The lowest BCUT2D eigenvalue weighted by Gasteiger charge is -2.27. The molecule has 1 amide bonds. The van der Waals surface area contributed by atoms with E-state index in [9.17, 15) is 17.6 Å². The van der Waals surface area contributed by atoms with Gasteiger partial charge in [0.15, 0.2) is 0 Å². The molecule has 2 aliphatic rings. The van der Waals surface area contributed by atoms with Gasteiger partial charge in [-0.15, -0.1) is 0 Å². The number of sulfonamides is 1. The van der Waals surface area contributed by atoms with Crippen molar-refractivity contribution < 1.29 is 17.6 Å². The Labute approximate surface area is 171 Å². The van der Waals surface area contributed by atoms with E-state index < -0.39 is 28.3 Å². The van der Waals surface area contributed by atoms with Crippen LogP contribution in [0.1, 0.15) is 31.2 Å². The smallest absolute Gasteiger partial charge is 0.264 e. The van der Waals surface area contributed by atoms with Crippen LogP contribution >= 0.6 is 0 Å². The molecule has 2 aromatic carbocycles. The molecule has 1 N–H and O–H groups in total. The van der Waals surface area contributed by atoms with Crippen molar-refractivity contribution in [3.8, 4) is 0 Å². The zero-order valence-electron chi connectivity index (χ0n) is 16.3. The highest BCUT2D eigenvalue weighted by atomic mass is 32.2. The number of carbonyl (C=O) groups is 1. The number of fused-ring (bicyclic) bond motifs is 2. The van der Waals surface area contributed by atoms with Gasteiger partial charge in [-0.2, -0.15) is 0 Å². The molecule has 0 saturated heterocycles. The Hall–Kier alpha value is -2.41. The minimum atomic E-state index is -4.10. The van der Waals surface area contributed by atoms with Crippen LogP contribution in [0.3, 0.4) is 0 Å². The summed E-state index contributed by atoms with van der Waals surface area (Å²) >= 11 is 0. The summed E-state index contributed by atoms with van der Waals surface area (Å²) in [5.41, 5.74) is 0.784. The van der Waals surface area contributed by atoms with Crippen molar-refractivity contribution in [2.45, 2.75) is 43.5 Å². The molecule has 4 rings (SSSR count). The summed E-state index contributed by atoms with van der Waals surface area (Å²) < 4.78 is 41.9. The predicted octanol–water partition coefficient (Wildman–Crippen LogP) is 3.63. The normalized spacial score (nSPS) is 23.2. The molecule has 29 heavy (non-hydrogen) atoms. The molecule has 0 aromatic heterocycles. The van der Waals surface area contributed by atoms with Gasteiger partial charge < -0.3 is 5.32 Å². The highest BCUT2D eigenvalue weighted by molar-refractivity contribution is 7.92. The fourth-order valence-corrected chi connectivity index (χ4v) is 6.02. The fraction of sp³-hybridized carbons (Fsp3) is 0.409. The second-order valence-electron chi connectivity index (χ2n) is 8.13. The molecule has 0 spiro atoms. The van der Waals surface area contributed by atoms with E-state index in [1.165, 1.54) is 36.8 Å². The number of para-hydroxylation sites is 1. The summed E-state index contributed by atoms with van der Waals surface area (Å²) in [6.45, 7) is 1.40. The average Bonchev–Trinajstić information content (AvgIpc) is 3.30. The Morgan fingerprint density at radius 3 is 2.45 bits per heavy atom. The molecule has 5 nitrogen and oxygen atoms in total. The lowest BCUT2D eigenvalue weighted by molar-refractivity contribution is -0.120. The van der Waals surface area contributed by atoms with Crippen LogP contribution in [0, 0.1) is 24.6 Å². The summed E-state index contributed by atoms with van der Waals surface area (Å²) in [6.07, 6.45) is 4.39. The third-order valence-electron chi connectivity index (χ3n) is 6.10. The monoisotopic (exact) mass is 416 g/mol. The van der Waals surface area contributed by atoms with Crippen LogP contribution in [-0.4, -0.2) is 26.9 Å².